The predicted molar refractivity (Wildman–Crippen MR) is 422 cm³/mol. The SMILES string of the molecule is CC(=O)N[C@H]1[C@H](OC[C@H]2O[C@@H](O[C@H]3[C@H](O)[C@@H](NC(C)=O)[C@H](O[C@H]4[C@@H](O)[C@@H](CO)O[C@@H](O[C@H]5[C@H](O)[C@@H](O)[C@H](O)O[C@@H]5CO)[C@@H]4O)O[C@@H]3CO)[C@H](O)[C@@H](O[C@@H]3O[C@H](CO)[C@@H](O[C@@H]4O[C@H](CO)[C@H](O)[C@H](O[C@]5(C(=O)O)C[C@H](O)[C@@H](NC(C)=O)[C@H]([C@H](O)[C@H](O)CO)O5)[C@H]4O)[C@H](O)[C@H]3NC(C)=O)[C@H]2O)O[C@H](CO)[C@@H](O[C@@H]2O[C@H](CO)[C@H](O)[C@H](O[C@]3(C(=O)O)C[C@H](O)[C@@H](NC(C)=O)[C@H]([C@H](O)[C@H](O)CO)O3)[C@H]2O)[C@@H]1O. The van der Waals surface area contributed by atoms with Gasteiger partial charge in [-0.05, 0) is 0 Å². The van der Waals surface area contributed by atoms with Crippen molar-refractivity contribution in [2.45, 2.75) is 365 Å². The quantitative estimate of drug-likeness (QED) is 0.0272. The molecule has 36 N–H and O–H groups in total. The number of nitrogens with one attached hydrogen (secondary N) is 5. The summed E-state index contributed by atoms with van der Waals surface area (Å²) in [6, 6.07) is -9.92. The number of aliphatic hydroxyl groups excluding tert-OH is 29. The fourth-order valence-corrected chi connectivity index (χ4v) is 17.8. The monoisotopic (exact) mass is 2020 g/mol. The molecule has 62 heteroatoms. The molecule has 0 aliphatic carbocycles. The van der Waals surface area contributed by atoms with Gasteiger partial charge in [0.2, 0.25) is 29.5 Å². The first-order valence-electron chi connectivity index (χ1n) is 43.4. The standard InChI is InChI=1S/C76H125N5O57/c1-18(91)77-35-23(96)6-75(73(116)117,135-59(35)40(100)25(98)8-82)137-63-43(103)28(11-85)123-71(53(63)113)130-55-31(14-88)125-66(37(46(55)106)79-20(3)93)120-17-34-45(105)62(52(112)70(128-34)129-56-32(15-89)126-67(38(47(56)107)80-21(4)94)133-61-42(102)27(10-84)122-69(51(61)111)132-58-30(13-87)121-65(115)50(110)49(58)109)134-68-39(81-22(5)95)48(108)57(33(16-90)127-68)131-72-54(114)64(44(104)29(12-86)124-72)138-76(74(118)119)7-24(97)36(78-19(2)92)60(136-76)41(101)26(99)9-83/h23-72,82-90,96-115H,6-17H2,1-5H3,(H,77,91)(H,78,92)(H,79,93)(H,80,94)(H,81,95)(H,116,117)(H,118,119)/t23-,24-,25+,26+,27+,28+,29+,30+,31+,32+,33+,34+,35+,36+,37+,38+,39+,40+,41+,42-,43-,44-,45-,46+,47+,48+,49+,50+,51+,52+,53+,54+,55+,56+,57+,58+,59+,60+,61-,62-,63-,64-,65+,66+,67-,68-,69-,70-,71-,72-,75-,76-/m0/s1. The molecule has 796 valence electrons. The summed E-state index contributed by atoms with van der Waals surface area (Å²) in [7, 11) is 0. The van der Waals surface area contributed by atoms with Crippen LogP contribution in [0.25, 0.3) is 0 Å². The number of rotatable bonds is 39. The third-order valence-electron chi connectivity index (χ3n) is 24.8. The van der Waals surface area contributed by atoms with Gasteiger partial charge in [-0.2, -0.15) is 0 Å². The number of aliphatic hydroxyl groups is 29. The molecule has 138 heavy (non-hydrogen) atoms. The molecule has 0 aromatic heterocycles. The van der Waals surface area contributed by atoms with E-state index in [0.717, 1.165) is 34.6 Å². The van der Waals surface area contributed by atoms with Crippen LogP contribution in [0.1, 0.15) is 47.5 Å². The predicted octanol–water partition coefficient (Wildman–Crippen LogP) is -23.7. The van der Waals surface area contributed by atoms with Crippen LogP contribution in [-0.2, 0) is 124 Å². The van der Waals surface area contributed by atoms with Crippen LogP contribution < -0.4 is 26.6 Å². The Morgan fingerprint density at radius 1 is 0.297 bits per heavy atom. The van der Waals surface area contributed by atoms with E-state index in [9.17, 15) is 192 Å². The molecule has 62 nitrogen and oxygen atoms in total. The summed E-state index contributed by atoms with van der Waals surface area (Å²) in [6.45, 7) is -7.95. The second kappa shape index (κ2) is 49.0. The molecule has 10 heterocycles. The highest BCUT2D eigenvalue weighted by Crippen LogP contribution is 2.44. The molecule has 0 spiro atoms. The molecular weight excluding hydrogens is 1890 g/mol. The fraction of sp³-hybridized carbons (Fsp3) is 0.908. The number of carboxylic acids is 2. The summed E-state index contributed by atoms with van der Waals surface area (Å²) in [5.41, 5.74) is 0. The number of hydrogen-bond acceptors (Lipinski definition) is 55. The van der Waals surface area contributed by atoms with Crippen LogP contribution >= 0.6 is 0 Å². The Bertz CT molecular complexity index is 3930. The van der Waals surface area contributed by atoms with Gasteiger partial charge < -0.3 is 275 Å². The lowest BCUT2D eigenvalue weighted by Crippen LogP contribution is -2.71. The third-order valence-corrected chi connectivity index (χ3v) is 24.8. The van der Waals surface area contributed by atoms with Crippen molar-refractivity contribution in [2.24, 2.45) is 0 Å². The van der Waals surface area contributed by atoms with Crippen molar-refractivity contribution >= 4 is 41.5 Å². The first-order valence-corrected chi connectivity index (χ1v) is 43.4. The molecule has 10 rings (SSSR count). The van der Waals surface area contributed by atoms with Gasteiger partial charge in [0, 0.05) is 47.5 Å². The number of hydrogen-bond donors (Lipinski definition) is 36. The van der Waals surface area contributed by atoms with Crippen molar-refractivity contribution in [3.05, 3.63) is 0 Å². The highest BCUT2D eigenvalue weighted by Gasteiger charge is 2.66. The van der Waals surface area contributed by atoms with E-state index in [1.807, 2.05) is 0 Å². The maximum Gasteiger partial charge on any atom is 0.364 e. The molecule has 10 saturated heterocycles. The van der Waals surface area contributed by atoms with E-state index in [1.54, 1.807) is 0 Å². The first-order chi connectivity index (χ1) is 65.0. The molecule has 0 aromatic carbocycles. The van der Waals surface area contributed by atoms with E-state index >= 15 is 0 Å². The van der Waals surface area contributed by atoms with Gasteiger partial charge in [-0.3, -0.25) is 24.0 Å². The second-order valence-corrected chi connectivity index (χ2v) is 34.6. The van der Waals surface area contributed by atoms with E-state index in [0.29, 0.717) is 0 Å². The van der Waals surface area contributed by atoms with E-state index in [1.165, 1.54) is 0 Å². The highest BCUT2D eigenvalue weighted by molar-refractivity contribution is 5.78. The Hall–Kier alpha value is -5.63. The molecule has 0 unspecified atom stereocenters. The van der Waals surface area contributed by atoms with Crippen molar-refractivity contribution in [3.63, 3.8) is 0 Å². The number of amides is 5. The zero-order chi connectivity index (χ0) is 102. The molecule has 5 amide bonds. The van der Waals surface area contributed by atoms with Crippen molar-refractivity contribution in [1.82, 2.24) is 26.6 Å². The summed E-state index contributed by atoms with van der Waals surface area (Å²) in [5.74, 6) is -16.1. The number of carbonyl (C=O) groups is 7. The number of aliphatic carboxylic acids is 2. The molecule has 10 fully saturated rings. The van der Waals surface area contributed by atoms with Crippen LogP contribution in [0, 0.1) is 0 Å². The molecular formula is C76H125N5O57. The van der Waals surface area contributed by atoms with Crippen LogP contribution in [0.2, 0.25) is 0 Å². The van der Waals surface area contributed by atoms with E-state index in [2.05, 4.69) is 26.6 Å². The van der Waals surface area contributed by atoms with Crippen LogP contribution in [0.4, 0.5) is 0 Å². The molecule has 0 saturated carbocycles. The van der Waals surface area contributed by atoms with Gasteiger partial charge in [-0.1, -0.05) is 0 Å². The first kappa shape index (κ1) is 114. The largest absolute Gasteiger partial charge is 0.477 e. The molecule has 0 bridgehead atoms. The smallest absolute Gasteiger partial charge is 0.364 e. The van der Waals surface area contributed by atoms with Crippen LogP contribution in [-0.4, -0.2) is 584 Å². The van der Waals surface area contributed by atoms with Crippen molar-refractivity contribution < 1.29 is 282 Å². The maximum atomic E-state index is 13.4. The van der Waals surface area contributed by atoms with Gasteiger partial charge in [0.15, 0.2) is 50.3 Å². The minimum atomic E-state index is -3.36. The molecule has 0 aromatic rings. The zero-order valence-electron chi connectivity index (χ0n) is 73.8. The molecule has 52 atom stereocenters. The Morgan fingerprint density at radius 3 is 0.855 bits per heavy atom. The maximum absolute atomic E-state index is 13.4. The number of carboxylic acid groups (broad SMARTS) is 2. The van der Waals surface area contributed by atoms with Crippen molar-refractivity contribution in [1.29, 1.82) is 0 Å². The van der Waals surface area contributed by atoms with Crippen molar-refractivity contribution in [3.8, 4) is 0 Å². The van der Waals surface area contributed by atoms with Gasteiger partial charge >= 0.3 is 11.9 Å². The summed E-state index contributed by atoms with van der Waals surface area (Å²) in [6.07, 6.45) is -104. The highest BCUT2D eigenvalue weighted by atomic mass is 16.8. The summed E-state index contributed by atoms with van der Waals surface area (Å²) >= 11 is 0. The summed E-state index contributed by atoms with van der Waals surface area (Å²) < 4.78 is 112. The second-order valence-electron chi connectivity index (χ2n) is 34.6. The summed E-state index contributed by atoms with van der Waals surface area (Å²) in [4.78, 5) is 91.1. The van der Waals surface area contributed by atoms with E-state index in [-0.39, 0.29) is 0 Å². The average molecular weight is 2020 g/mol. The molecule has 10 aliphatic rings. The molecule has 0 radical (unpaired) electrons. The van der Waals surface area contributed by atoms with E-state index in [4.69, 9.17) is 90.0 Å². The summed E-state index contributed by atoms with van der Waals surface area (Å²) in [5, 5.41) is 358. The Morgan fingerprint density at radius 2 is 0.551 bits per heavy atom. The van der Waals surface area contributed by atoms with Crippen LogP contribution in [0.3, 0.4) is 0 Å². The van der Waals surface area contributed by atoms with Crippen LogP contribution in [0.15, 0.2) is 0 Å². The fourth-order valence-electron chi connectivity index (χ4n) is 17.8. The van der Waals surface area contributed by atoms with Crippen molar-refractivity contribution in [2.75, 3.05) is 66.1 Å². The third kappa shape index (κ3) is 25.0. The lowest BCUT2D eigenvalue weighted by Gasteiger charge is -2.51. The number of ether oxygens (including phenoxy) is 19. The molecule has 10 aliphatic heterocycles. The zero-order valence-corrected chi connectivity index (χ0v) is 73.8. The topological polar surface area (TPSA) is 982 Å². The average Bonchev–Trinajstić information content (AvgIpc) is 0.750. The Balaban J connectivity index is 0.962. The van der Waals surface area contributed by atoms with Gasteiger partial charge in [0.05, 0.1) is 90.4 Å². The van der Waals surface area contributed by atoms with Gasteiger partial charge in [0.25, 0.3) is 11.6 Å². The van der Waals surface area contributed by atoms with Gasteiger partial charge in [0.1, 0.15) is 232 Å². The Kier molecular flexibility index (Phi) is 40.6. The minimum Gasteiger partial charge on any atom is -0.477 e. The van der Waals surface area contributed by atoms with Gasteiger partial charge in [-0.15, -0.1) is 0 Å². The van der Waals surface area contributed by atoms with E-state index < -0.39 is 438 Å². The Labute approximate surface area is 779 Å². The van der Waals surface area contributed by atoms with Crippen LogP contribution in [0.5, 0.6) is 0 Å². The normalized spacial score (nSPS) is 46.2. The minimum absolute atomic E-state index is 0.832. The lowest BCUT2D eigenvalue weighted by molar-refractivity contribution is -0.393. The van der Waals surface area contributed by atoms with Gasteiger partial charge in [-0.25, -0.2) is 9.59 Å². The number of carbonyl (C=O) groups excluding carboxylic acids is 5. The lowest BCUT2D eigenvalue weighted by atomic mass is 9.88.